The summed E-state index contributed by atoms with van der Waals surface area (Å²) >= 11 is 5.93. The van der Waals surface area contributed by atoms with E-state index in [-0.39, 0.29) is 17.9 Å². The van der Waals surface area contributed by atoms with Gasteiger partial charge >= 0.3 is 5.97 Å². The minimum absolute atomic E-state index is 0.113. The van der Waals surface area contributed by atoms with Crippen molar-refractivity contribution < 1.29 is 19.1 Å². The van der Waals surface area contributed by atoms with Crippen LogP contribution in [0.3, 0.4) is 0 Å². The number of hydrogen-bond donors (Lipinski definition) is 1. The third kappa shape index (κ3) is 3.44. The van der Waals surface area contributed by atoms with Crippen LogP contribution in [0.5, 0.6) is 5.75 Å². The first-order chi connectivity index (χ1) is 12.4. The van der Waals surface area contributed by atoms with Gasteiger partial charge in [0.15, 0.2) is 11.9 Å². The molecule has 3 rings (SSSR count). The van der Waals surface area contributed by atoms with Crippen molar-refractivity contribution in [3.05, 3.63) is 63.3 Å². The van der Waals surface area contributed by atoms with Crippen LogP contribution >= 0.6 is 11.6 Å². The highest BCUT2D eigenvalue weighted by Crippen LogP contribution is 2.32. The van der Waals surface area contributed by atoms with Gasteiger partial charge in [0.2, 0.25) is 11.2 Å². The van der Waals surface area contributed by atoms with E-state index in [1.54, 1.807) is 49.4 Å². The van der Waals surface area contributed by atoms with E-state index in [4.69, 9.17) is 20.8 Å². The number of rotatable bonds is 5. The maximum absolute atomic E-state index is 13.0. The molecule has 3 aromatic rings. The SMILES string of the molecule is CC[C@@H](Oc1c(-c2ccc(Cl)cc2)oc2cc(C)ccc2c1=O)C(=O)O. The Kier molecular flexibility index (Phi) is 5.00. The summed E-state index contributed by atoms with van der Waals surface area (Å²) < 4.78 is 11.5. The third-order valence-corrected chi connectivity index (χ3v) is 4.27. The highest BCUT2D eigenvalue weighted by molar-refractivity contribution is 6.30. The van der Waals surface area contributed by atoms with Crippen molar-refractivity contribution in [2.75, 3.05) is 0 Å². The Hall–Kier alpha value is -2.79. The zero-order valence-corrected chi connectivity index (χ0v) is 15.0. The molecule has 1 heterocycles. The van der Waals surface area contributed by atoms with Crippen LogP contribution in [0.2, 0.25) is 5.02 Å². The van der Waals surface area contributed by atoms with E-state index in [0.29, 0.717) is 21.6 Å². The lowest BCUT2D eigenvalue weighted by Crippen LogP contribution is -2.28. The molecule has 26 heavy (non-hydrogen) atoms. The van der Waals surface area contributed by atoms with E-state index < -0.39 is 17.5 Å². The second-order valence-electron chi connectivity index (χ2n) is 5.95. The molecule has 1 aromatic heterocycles. The molecule has 0 amide bonds. The van der Waals surface area contributed by atoms with Crippen molar-refractivity contribution in [2.45, 2.75) is 26.4 Å². The van der Waals surface area contributed by atoms with E-state index >= 15 is 0 Å². The van der Waals surface area contributed by atoms with Crippen molar-refractivity contribution in [2.24, 2.45) is 0 Å². The fraction of sp³-hybridized carbons (Fsp3) is 0.200. The van der Waals surface area contributed by atoms with E-state index in [2.05, 4.69) is 0 Å². The van der Waals surface area contributed by atoms with E-state index in [1.807, 2.05) is 6.92 Å². The van der Waals surface area contributed by atoms with E-state index in [1.165, 1.54) is 0 Å². The molecule has 0 aliphatic rings. The molecule has 0 aliphatic heterocycles. The van der Waals surface area contributed by atoms with Gasteiger partial charge in [0.25, 0.3) is 0 Å². The van der Waals surface area contributed by atoms with Crippen molar-refractivity contribution in [3.63, 3.8) is 0 Å². The molecule has 0 bridgehead atoms. The number of carboxylic acids is 1. The van der Waals surface area contributed by atoms with E-state index in [9.17, 15) is 14.7 Å². The van der Waals surface area contributed by atoms with Gasteiger partial charge in [-0.15, -0.1) is 0 Å². The largest absolute Gasteiger partial charge is 0.479 e. The number of fused-ring (bicyclic) bond motifs is 1. The fourth-order valence-corrected chi connectivity index (χ4v) is 2.76. The summed E-state index contributed by atoms with van der Waals surface area (Å²) in [6.07, 6.45) is -0.937. The molecule has 1 atom stereocenters. The molecular weight excluding hydrogens is 356 g/mol. The summed E-state index contributed by atoms with van der Waals surface area (Å²) in [6.45, 7) is 3.57. The summed E-state index contributed by atoms with van der Waals surface area (Å²) in [4.78, 5) is 24.3. The maximum atomic E-state index is 13.0. The van der Waals surface area contributed by atoms with Crippen LogP contribution in [0, 0.1) is 6.92 Å². The summed E-state index contributed by atoms with van der Waals surface area (Å²) in [5.74, 6) is -1.07. The minimum Gasteiger partial charge on any atom is -0.479 e. The van der Waals surface area contributed by atoms with Gasteiger partial charge in [0, 0.05) is 10.6 Å². The molecule has 0 fully saturated rings. The number of aryl methyl sites for hydroxylation is 1. The Morgan fingerprint density at radius 2 is 1.92 bits per heavy atom. The Labute approximate surface area is 154 Å². The Morgan fingerprint density at radius 1 is 1.23 bits per heavy atom. The number of benzene rings is 2. The number of carbonyl (C=O) groups is 1. The van der Waals surface area contributed by atoms with E-state index in [0.717, 1.165) is 5.56 Å². The molecule has 0 aliphatic carbocycles. The van der Waals surface area contributed by atoms with Gasteiger partial charge in [-0.3, -0.25) is 4.79 Å². The zero-order chi connectivity index (χ0) is 18.8. The Morgan fingerprint density at radius 3 is 2.54 bits per heavy atom. The second kappa shape index (κ2) is 7.22. The molecule has 0 unspecified atom stereocenters. The van der Waals surface area contributed by atoms with Crippen LogP contribution in [0.4, 0.5) is 0 Å². The molecule has 0 saturated heterocycles. The minimum atomic E-state index is -1.15. The lowest BCUT2D eigenvalue weighted by Gasteiger charge is -2.16. The molecule has 0 spiro atoms. The lowest BCUT2D eigenvalue weighted by atomic mass is 10.1. The topological polar surface area (TPSA) is 76.7 Å². The van der Waals surface area contributed by atoms with Crippen LogP contribution in [0.15, 0.2) is 51.7 Å². The lowest BCUT2D eigenvalue weighted by molar-refractivity contribution is -0.145. The van der Waals surface area contributed by atoms with Crippen LogP contribution in [-0.2, 0) is 4.79 Å². The Bertz CT molecular complexity index is 1020. The first-order valence-electron chi connectivity index (χ1n) is 8.13. The zero-order valence-electron chi connectivity index (χ0n) is 14.3. The van der Waals surface area contributed by atoms with Gasteiger partial charge in [-0.1, -0.05) is 24.6 Å². The molecule has 1 N–H and O–H groups in total. The van der Waals surface area contributed by atoms with Gasteiger partial charge in [-0.2, -0.15) is 0 Å². The van der Waals surface area contributed by atoms with Crippen molar-refractivity contribution >= 4 is 28.5 Å². The smallest absolute Gasteiger partial charge is 0.344 e. The molecule has 2 aromatic carbocycles. The predicted octanol–water partition coefficient (Wildman–Crippen LogP) is 4.66. The molecule has 0 saturated carbocycles. The molecular formula is C20H17ClO5. The monoisotopic (exact) mass is 372 g/mol. The standard InChI is InChI=1S/C20H17ClO5/c1-3-15(20(23)24)25-19-17(22)14-9-4-11(2)10-16(14)26-18(19)12-5-7-13(21)8-6-12/h4-10,15H,3H2,1-2H3,(H,23,24)/t15-/m1/s1. The average Bonchev–Trinajstić information content (AvgIpc) is 2.61. The van der Waals surface area contributed by atoms with Crippen LogP contribution < -0.4 is 10.2 Å². The molecule has 5 nitrogen and oxygen atoms in total. The Balaban J connectivity index is 2.28. The molecule has 134 valence electrons. The number of aliphatic carboxylic acids is 1. The first-order valence-corrected chi connectivity index (χ1v) is 8.51. The maximum Gasteiger partial charge on any atom is 0.344 e. The van der Waals surface area contributed by atoms with Crippen LogP contribution in [0.1, 0.15) is 18.9 Å². The highest BCUT2D eigenvalue weighted by Gasteiger charge is 2.24. The number of hydrogen-bond acceptors (Lipinski definition) is 4. The summed E-state index contributed by atoms with van der Waals surface area (Å²) in [7, 11) is 0. The summed E-state index contributed by atoms with van der Waals surface area (Å²) in [5, 5.41) is 10.2. The quantitative estimate of drug-likeness (QED) is 0.704. The van der Waals surface area contributed by atoms with Crippen LogP contribution in [0.25, 0.3) is 22.3 Å². The van der Waals surface area contributed by atoms with Gasteiger partial charge in [0.1, 0.15) is 5.58 Å². The summed E-state index contributed by atoms with van der Waals surface area (Å²) in [6, 6.07) is 11.9. The fourth-order valence-electron chi connectivity index (χ4n) is 2.63. The summed E-state index contributed by atoms with van der Waals surface area (Å²) in [5.41, 5.74) is 1.52. The van der Waals surface area contributed by atoms with Crippen LogP contribution in [-0.4, -0.2) is 17.2 Å². The van der Waals surface area contributed by atoms with Crippen molar-refractivity contribution in [3.8, 4) is 17.1 Å². The van der Waals surface area contributed by atoms with Crippen molar-refractivity contribution in [1.29, 1.82) is 0 Å². The normalized spacial score (nSPS) is 12.1. The average molecular weight is 373 g/mol. The first kappa shape index (κ1) is 18.0. The molecule has 0 radical (unpaired) electrons. The number of ether oxygens (including phenoxy) is 1. The predicted molar refractivity (Wildman–Crippen MR) is 100 cm³/mol. The second-order valence-corrected chi connectivity index (χ2v) is 6.39. The number of carboxylic acid groups (broad SMARTS) is 1. The van der Waals surface area contributed by atoms with Gasteiger partial charge in [-0.05, 0) is 55.3 Å². The third-order valence-electron chi connectivity index (χ3n) is 4.02. The molecule has 6 heteroatoms. The number of halogens is 1. The highest BCUT2D eigenvalue weighted by atomic mass is 35.5. The van der Waals surface area contributed by atoms with Crippen molar-refractivity contribution in [1.82, 2.24) is 0 Å². The van der Waals surface area contributed by atoms with Gasteiger partial charge in [-0.25, -0.2) is 4.79 Å². The van der Waals surface area contributed by atoms with Gasteiger partial charge < -0.3 is 14.3 Å². The van der Waals surface area contributed by atoms with Gasteiger partial charge in [0.05, 0.1) is 5.39 Å².